The van der Waals surface area contributed by atoms with Gasteiger partial charge in [-0.3, -0.25) is 0 Å². The number of benzene rings is 1. The summed E-state index contributed by atoms with van der Waals surface area (Å²) in [4.78, 5) is 8.81. The molecule has 0 bridgehead atoms. The summed E-state index contributed by atoms with van der Waals surface area (Å²) in [6.45, 7) is 0.787. The van der Waals surface area contributed by atoms with Crippen LogP contribution in [0.25, 0.3) is 11.0 Å². The molecule has 19 heavy (non-hydrogen) atoms. The molecular weight excluding hydrogens is 301 g/mol. The Morgan fingerprint density at radius 2 is 2.21 bits per heavy atom. The van der Waals surface area contributed by atoms with E-state index in [0.29, 0.717) is 10.9 Å². The van der Waals surface area contributed by atoms with Gasteiger partial charge in [0, 0.05) is 24.5 Å². The van der Waals surface area contributed by atoms with Gasteiger partial charge in [0.25, 0.3) is 0 Å². The molecule has 0 spiro atoms. The van der Waals surface area contributed by atoms with Crippen molar-refractivity contribution in [1.29, 1.82) is 0 Å². The maximum absolute atomic E-state index is 6.28. The van der Waals surface area contributed by atoms with E-state index in [-0.39, 0.29) is 0 Å². The fourth-order valence-corrected chi connectivity index (χ4v) is 3.20. The number of thiazole rings is 1. The summed E-state index contributed by atoms with van der Waals surface area (Å²) in [5, 5.41) is 3.80. The minimum atomic E-state index is 0.378. The summed E-state index contributed by atoms with van der Waals surface area (Å²) >= 11 is 13.9. The van der Waals surface area contributed by atoms with Crippen molar-refractivity contribution in [3.63, 3.8) is 0 Å². The maximum atomic E-state index is 6.28. The van der Waals surface area contributed by atoms with Crippen LogP contribution in [-0.2, 0) is 18.8 Å². The largest absolute Gasteiger partial charge is 0.325 e. The highest BCUT2D eigenvalue weighted by atomic mass is 35.5. The smallest absolute Gasteiger partial charge is 0.124 e. The van der Waals surface area contributed by atoms with Crippen LogP contribution >= 0.6 is 34.5 Å². The van der Waals surface area contributed by atoms with Gasteiger partial charge in [0.2, 0.25) is 0 Å². The number of halogens is 2. The van der Waals surface area contributed by atoms with Gasteiger partial charge in [0.05, 0.1) is 26.9 Å². The molecule has 2 aromatic heterocycles. The third-order valence-electron chi connectivity index (χ3n) is 2.95. The van der Waals surface area contributed by atoms with E-state index in [9.17, 15) is 0 Å². The Morgan fingerprint density at radius 1 is 1.32 bits per heavy atom. The van der Waals surface area contributed by atoms with Crippen LogP contribution in [0.2, 0.25) is 5.02 Å². The Balaban J connectivity index is 2.00. The first-order valence-corrected chi connectivity index (χ1v) is 7.67. The van der Waals surface area contributed by atoms with E-state index in [1.165, 1.54) is 0 Å². The molecule has 0 fully saturated rings. The quantitative estimate of drug-likeness (QED) is 0.678. The maximum Gasteiger partial charge on any atom is 0.124 e. The van der Waals surface area contributed by atoms with Crippen LogP contribution < -0.4 is 0 Å². The standard InChI is InChI=1S/C13H11Cl2N3S/c14-8-11-17-10-3-1-2-9(15)13(10)18(11)6-4-12-16-5-7-19-12/h1-3,5,7H,4,6,8H2. The number of hydrogen-bond donors (Lipinski definition) is 0. The van der Waals surface area contributed by atoms with Gasteiger partial charge in [-0.1, -0.05) is 17.7 Å². The first kappa shape index (κ1) is 12.9. The number of aryl methyl sites for hydroxylation is 2. The minimum absolute atomic E-state index is 0.378. The van der Waals surface area contributed by atoms with E-state index in [1.807, 2.05) is 29.8 Å². The molecule has 3 aromatic rings. The Bertz CT molecular complexity index is 691. The van der Waals surface area contributed by atoms with Crippen LogP contribution in [-0.4, -0.2) is 14.5 Å². The number of fused-ring (bicyclic) bond motifs is 1. The minimum Gasteiger partial charge on any atom is -0.325 e. The topological polar surface area (TPSA) is 30.7 Å². The molecule has 1 aromatic carbocycles. The molecule has 98 valence electrons. The van der Waals surface area contributed by atoms with Gasteiger partial charge in [-0.25, -0.2) is 9.97 Å². The summed E-state index contributed by atoms with van der Waals surface area (Å²) in [5.41, 5.74) is 1.85. The van der Waals surface area contributed by atoms with E-state index >= 15 is 0 Å². The molecule has 0 aliphatic carbocycles. The van der Waals surface area contributed by atoms with Gasteiger partial charge in [0.1, 0.15) is 5.82 Å². The summed E-state index contributed by atoms with van der Waals surface area (Å²) in [6.07, 6.45) is 2.68. The lowest BCUT2D eigenvalue weighted by atomic mass is 10.3. The van der Waals surface area contributed by atoms with Gasteiger partial charge < -0.3 is 4.57 Å². The van der Waals surface area contributed by atoms with Crippen molar-refractivity contribution in [3.8, 4) is 0 Å². The third kappa shape index (κ3) is 2.48. The SMILES string of the molecule is ClCc1nc2cccc(Cl)c2n1CCc1nccs1. The monoisotopic (exact) mass is 311 g/mol. The van der Waals surface area contributed by atoms with Crippen molar-refractivity contribution >= 4 is 45.6 Å². The molecule has 2 heterocycles. The third-order valence-corrected chi connectivity index (χ3v) is 4.33. The lowest BCUT2D eigenvalue weighted by Gasteiger charge is -2.07. The molecule has 0 unspecified atom stereocenters. The van der Waals surface area contributed by atoms with Gasteiger partial charge in [-0.05, 0) is 12.1 Å². The fourth-order valence-electron chi connectivity index (χ4n) is 2.12. The van der Waals surface area contributed by atoms with Crippen molar-refractivity contribution in [1.82, 2.24) is 14.5 Å². The zero-order valence-corrected chi connectivity index (χ0v) is 12.3. The molecule has 3 rings (SSSR count). The van der Waals surface area contributed by atoms with Crippen molar-refractivity contribution in [3.05, 3.63) is 45.6 Å². The molecule has 0 saturated heterocycles. The number of para-hydroxylation sites is 1. The zero-order chi connectivity index (χ0) is 13.2. The van der Waals surface area contributed by atoms with E-state index in [4.69, 9.17) is 23.2 Å². The normalized spacial score (nSPS) is 11.3. The van der Waals surface area contributed by atoms with E-state index in [2.05, 4.69) is 14.5 Å². The molecule has 0 N–H and O–H groups in total. The average Bonchev–Trinajstić information content (AvgIpc) is 3.03. The predicted molar refractivity (Wildman–Crippen MR) is 80.1 cm³/mol. The molecule has 3 nitrogen and oxygen atoms in total. The number of nitrogens with zero attached hydrogens (tertiary/aromatic N) is 3. The molecule has 6 heteroatoms. The second kappa shape index (κ2) is 5.49. The zero-order valence-electron chi connectivity index (χ0n) is 10.0. The molecule has 0 atom stereocenters. The predicted octanol–water partition coefficient (Wildman–Crippen LogP) is 4.13. The second-order valence-corrected chi connectivity index (χ2v) is 5.75. The lowest BCUT2D eigenvalue weighted by Crippen LogP contribution is -2.05. The van der Waals surface area contributed by atoms with Gasteiger partial charge in [-0.2, -0.15) is 0 Å². The number of rotatable bonds is 4. The van der Waals surface area contributed by atoms with Gasteiger partial charge >= 0.3 is 0 Å². The van der Waals surface area contributed by atoms with Crippen molar-refractivity contribution in [2.24, 2.45) is 0 Å². The highest BCUT2D eigenvalue weighted by Crippen LogP contribution is 2.25. The second-order valence-electron chi connectivity index (χ2n) is 4.10. The van der Waals surface area contributed by atoms with Crippen LogP contribution in [0.3, 0.4) is 0 Å². The van der Waals surface area contributed by atoms with Gasteiger partial charge in [-0.15, -0.1) is 22.9 Å². The Morgan fingerprint density at radius 3 is 2.95 bits per heavy atom. The first-order chi connectivity index (χ1) is 9.29. The highest BCUT2D eigenvalue weighted by molar-refractivity contribution is 7.09. The Kier molecular flexibility index (Phi) is 3.73. The molecule has 0 aliphatic rings. The van der Waals surface area contributed by atoms with E-state index < -0.39 is 0 Å². The van der Waals surface area contributed by atoms with Crippen LogP contribution in [0.4, 0.5) is 0 Å². The van der Waals surface area contributed by atoms with E-state index in [1.54, 1.807) is 11.3 Å². The summed E-state index contributed by atoms with van der Waals surface area (Å²) in [6, 6.07) is 5.74. The van der Waals surface area contributed by atoms with Crippen LogP contribution in [0.15, 0.2) is 29.8 Å². The first-order valence-electron chi connectivity index (χ1n) is 5.87. The molecule has 0 radical (unpaired) electrons. The average molecular weight is 312 g/mol. The molecule has 0 aliphatic heterocycles. The Hall–Kier alpha value is -1.10. The fraction of sp³-hybridized carbons (Fsp3) is 0.231. The molecule has 0 amide bonds. The lowest BCUT2D eigenvalue weighted by molar-refractivity contribution is 0.685. The molecule has 0 saturated carbocycles. The van der Waals surface area contributed by atoms with Crippen molar-refractivity contribution in [2.75, 3.05) is 0 Å². The Labute approximate surface area is 124 Å². The van der Waals surface area contributed by atoms with Crippen LogP contribution in [0.1, 0.15) is 10.8 Å². The number of hydrogen-bond acceptors (Lipinski definition) is 3. The van der Waals surface area contributed by atoms with E-state index in [0.717, 1.165) is 34.8 Å². The van der Waals surface area contributed by atoms with Gasteiger partial charge in [0.15, 0.2) is 0 Å². The number of alkyl halides is 1. The summed E-state index contributed by atoms with van der Waals surface area (Å²) in [7, 11) is 0. The number of aromatic nitrogens is 3. The van der Waals surface area contributed by atoms with Crippen LogP contribution in [0, 0.1) is 0 Å². The number of imidazole rings is 1. The summed E-state index contributed by atoms with van der Waals surface area (Å²) < 4.78 is 2.09. The van der Waals surface area contributed by atoms with Crippen molar-refractivity contribution < 1.29 is 0 Å². The molecular formula is C13H11Cl2N3S. The summed E-state index contributed by atoms with van der Waals surface area (Å²) in [5.74, 6) is 1.23. The van der Waals surface area contributed by atoms with Crippen molar-refractivity contribution in [2.45, 2.75) is 18.8 Å². The highest BCUT2D eigenvalue weighted by Gasteiger charge is 2.12. The van der Waals surface area contributed by atoms with Crippen LogP contribution in [0.5, 0.6) is 0 Å².